The summed E-state index contributed by atoms with van der Waals surface area (Å²) in [5.74, 6) is -0.0295. The first-order valence-electron chi connectivity index (χ1n) is 5.54. The second-order valence-electron chi connectivity index (χ2n) is 4.42. The van der Waals surface area contributed by atoms with Crippen molar-refractivity contribution in [3.63, 3.8) is 0 Å². The van der Waals surface area contributed by atoms with Gasteiger partial charge in [0.15, 0.2) is 11.5 Å². The second-order valence-corrected chi connectivity index (χ2v) is 4.42. The zero-order valence-corrected chi connectivity index (χ0v) is 9.28. The van der Waals surface area contributed by atoms with Gasteiger partial charge in [0.2, 0.25) is 6.08 Å². The number of rotatable bonds is 2. The van der Waals surface area contributed by atoms with Crippen molar-refractivity contribution in [2.24, 2.45) is 4.99 Å². The van der Waals surface area contributed by atoms with Gasteiger partial charge in [-0.1, -0.05) is 6.07 Å². The lowest BCUT2D eigenvalue weighted by Crippen LogP contribution is -2.31. The van der Waals surface area contributed by atoms with Crippen molar-refractivity contribution in [2.45, 2.75) is 31.1 Å². The minimum absolute atomic E-state index is 0.00620. The maximum atomic E-state index is 12.9. The van der Waals surface area contributed by atoms with Crippen LogP contribution in [0.4, 0.5) is 8.78 Å². The van der Waals surface area contributed by atoms with Crippen LogP contribution >= 0.6 is 0 Å². The molecule has 1 fully saturated rings. The zero-order valence-electron chi connectivity index (χ0n) is 9.28. The smallest absolute Gasteiger partial charge is 0.395 e. The molecule has 1 aromatic rings. The number of aliphatic imine (C=N–C) groups is 1. The Balaban J connectivity index is 1.99. The molecule has 4 nitrogen and oxygen atoms in total. The van der Waals surface area contributed by atoms with Crippen LogP contribution in [0.2, 0.25) is 0 Å². The first kappa shape index (κ1) is 11.2. The molecule has 6 heteroatoms. The Kier molecular flexibility index (Phi) is 2.19. The molecule has 0 amide bonds. The monoisotopic (exact) mass is 253 g/mol. The molecule has 0 bridgehead atoms. The van der Waals surface area contributed by atoms with E-state index in [1.54, 1.807) is 12.1 Å². The lowest BCUT2D eigenvalue weighted by atomic mass is 9.72. The molecule has 1 aliphatic heterocycles. The van der Waals surface area contributed by atoms with Crippen LogP contribution < -0.4 is 9.47 Å². The highest BCUT2D eigenvalue weighted by molar-refractivity contribution is 5.49. The first-order valence-corrected chi connectivity index (χ1v) is 5.54. The zero-order chi connectivity index (χ0) is 12.8. The molecule has 0 atom stereocenters. The fraction of sp³-hybridized carbons (Fsp3) is 0.417. The maximum absolute atomic E-state index is 12.9. The summed E-state index contributed by atoms with van der Waals surface area (Å²) in [6.45, 7) is 0. The van der Waals surface area contributed by atoms with Crippen LogP contribution in [0.15, 0.2) is 23.2 Å². The summed E-state index contributed by atoms with van der Waals surface area (Å²) < 4.78 is 34.4. The van der Waals surface area contributed by atoms with Gasteiger partial charge in [0.1, 0.15) is 0 Å². The molecular formula is C12H9F2NO3. The quantitative estimate of drug-likeness (QED) is 0.601. The van der Waals surface area contributed by atoms with Gasteiger partial charge < -0.3 is 9.47 Å². The molecule has 0 unspecified atom stereocenters. The Morgan fingerprint density at radius 2 is 1.94 bits per heavy atom. The van der Waals surface area contributed by atoms with E-state index in [-0.39, 0.29) is 11.5 Å². The largest absolute Gasteiger partial charge is 0.586 e. The van der Waals surface area contributed by atoms with Gasteiger partial charge in [0.25, 0.3) is 0 Å². The molecule has 18 heavy (non-hydrogen) atoms. The van der Waals surface area contributed by atoms with Gasteiger partial charge in [-0.15, -0.1) is 8.78 Å². The fourth-order valence-corrected chi connectivity index (χ4v) is 2.30. The summed E-state index contributed by atoms with van der Waals surface area (Å²) in [7, 11) is 0. The van der Waals surface area contributed by atoms with Crippen molar-refractivity contribution in [2.75, 3.05) is 0 Å². The van der Waals surface area contributed by atoms with Crippen LogP contribution in [-0.2, 0) is 10.3 Å². The van der Waals surface area contributed by atoms with Crippen molar-refractivity contribution in [3.05, 3.63) is 23.8 Å². The molecule has 0 radical (unpaired) electrons. The van der Waals surface area contributed by atoms with Crippen LogP contribution in [0.5, 0.6) is 11.5 Å². The number of hydrogen-bond acceptors (Lipinski definition) is 4. The van der Waals surface area contributed by atoms with Crippen LogP contribution in [0.1, 0.15) is 24.8 Å². The highest BCUT2D eigenvalue weighted by Crippen LogP contribution is 2.49. The topological polar surface area (TPSA) is 47.9 Å². The number of hydrogen-bond donors (Lipinski definition) is 0. The molecule has 0 aromatic heterocycles. The van der Waals surface area contributed by atoms with Gasteiger partial charge >= 0.3 is 6.29 Å². The highest BCUT2D eigenvalue weighted by Gasteiger charge is 2.45. The Bertz CT molecular complexity index is 548. The molecule has 0 N–H and O–H groups in total. The van der Waals surface area contributed by atoms with E-state index in [0.717, 1.165) is 6.42 Å². The Labute approximate surface area is 101 Å². The van der Waals surface area contributed by atoms with Crippen molar-refractivity contribution in [1.29, 1.82) is 0 Å². The Morgan fingerprint density at radius 1 is 1.22 bits per heavy atom. The van der Waals surface area contributed by atoms with E-state index in [4.69, 9.17) is 0 Å². The molecule has 0 saturated heterocycles. The molecule has 1 aliphatic carbocycles. The minimum atomic E-state index is -3.62. The van der Waals surface area contributed by atoms with E-state index in [1.807, 2.05) is 0 Å². The van der Waals surface area contributed by atoms with Gasteiger partial charge in [-0.3, -0.25) is 0 Å². The third-order valence-corrected chi connectivity index (χ3v) is 3.38. The molecule has 0 spiro atoms. The van der Waals surface area contributed by atoms with Gasteiger partial charge in [-0.25, -0.2) is 4.79 Å². The van der Waals surface area contributed by atoms with E-state index in [0.29, 0.717) is 18.4 Å². The first-order chi connectivity index (χ1) is 8.55. The molecule has 1 heterocycles. The molecule has 3 rings (SSSR count). The van der Waals surface area contributed by atoms with Crippen molar-refractivity contribution in [3.8, 4) is 11.5 Å². The second kappa shape index (κ2) is 3.53. The summed E-state index contributed by atoms with van der Waals surface area (Å²) in [6.07, 6.45) is 0.278. The van der Waals surface area contributed by atoms with Crippen LogP contribution in [0.3, 0.4) is 0 Å². The number of nitrogens with zero attached hydrogens (tertiary/aromatic N) is 1. The predicted octanol–water partition coefficient (Wildman–Crippen LogP) is 2.72. The van der Waals surface area contributed by atoms with Gasteiger partial charge in [0.05, 0.1) is 5.54 Å². The Morgan fingerprint density at radius 3 is 2.56 bits per heavy atom. The molecule has 2 aliphatic rings. The van der Waals surface area contributed by atoms with Gasteiger partial charge in [0, 0.05) is 0 Å². The van der Waals surface area contributed by atoms with Gasteiger partial charge in [-0.2, -0.15) is 4.99 Å². The lowest BCUT2D eigenvalue weighted by molar-refractivity contribution is -0.286. The lowest BCUT2D eigenvalue weighted by Gasteiger charge is -2.37. The molecule has 1 saturated carbocycles. The van der Waals surface area contributed by atoms with Crippen LogP contribution in [0.25, 0.3) is 0 Å². The fourth-order valence-electron chi connectivity index (χ4n) is 2.30. The number of halogens is 2. The van der Waals surface area contributed by atoms with Crippen molar-refractivity contribution >= 4 is 6.08 Å². The minimum Gasteiger partial charge on any atom is -0.395 e. The van der Waals surface area contributed by atoms with E-state index in [1.165, 1.54) is 12.1 Å². The molecular weight excluding hydrogens is 244 g/mol. The summed E-state index contributed by atoms with van der Waals surface area (Å²) >= 11 is 0. The SMILES string of the molecule is O=C=NC1(c2ccc3c(c2)OC(F)(F)O3)CCC1. The standard InChI is InChI=1S/C12H9F2NO3/c13-12(14)17-9-3-2-8(6-10(9)18-12)11(15-7-16)4-1-5-11/h2-3,6H,1,4-5H2. The van der Waals surface area contributed by atoms with E-state index < -0.39 is 11.8 Å². The van der Waals surface area contributed by atoms with E-state index in [2.05, 4.69) is 14.5 Å². The normalized spacial score (nSPS) is 21.9. The average molecular weight is 253 g/mol. The summed E-state index contributed by atoms with van der Waals surface area (Å²) in [4.78, 5) is 14.3. The average Bonchev–Trinajstić information content (AvgIpc) is 2.56. The number of alkyl halides is 2. The number of isocyanates is 1. The predicted molar refractivity (Wildman–Crippen MR) is 56.3 cm³/mol. The molecule has 94 valence electrons. The number of benzene rings is 1. The van der Waals surface area contributed by atoms with E-state index >= 15 is 0 Å². The number of fused-ring (bicyclic) bond motifs is 1. The third kappa shape index (κ3) is 1.57. The summed E-state index contributed by atoms with van der Waals surface area (Å²) in [6, 6.07) is 4.49. The van der Waals surface area contributed by atoms with Crippen LogP contribution in [-0.4, -0.2) is 12.4 Å². The third-order valence-electron chi connectivity index (χ3n) is 3.38. The number of carbonyl (C=O) groups excluding carboxylic acids is 1. The maximum Gasteiger partial charge on any atom is 0.586 e. The molecule has 1 aromatic carbocycles. The number of ether oxygens (including phenoxy) is 2. The Hall–Kier alpha value is -1.94. The summed E-state index contributed by atoms with van der Waals surface area (Å²) in [5.41, 5.74) is 0.0509. The van der Waals surface area contributed by atoms with E-state index in [9.17, 15) is 13.6 Å². The summed E-state index contributed by atoms with van der Waals surface area (Å²) in [5, 5.41) is 0. The van der Waals surface area contributed by atoms with Gasteiger partial charge in [-0.05, 0) is 37.0 Å². The van der Waals surface area contributed by atoms with Crippen molar-refractivity contribution in [1.82, 2.24) is 0 Å². The highest BCUT2D eigenvalue weighted by atomic mass is 19.3. The van der Waals surface area contributed by atoms with Crippen molar-refractivity contribution < 1.29 is 23.0 Å². The van der Waals surface area contributed by atoms with Crippen LogP contribution in [0, 0.1) is 0 Å².